The van der Waals surface area contributed by atoms with Crippen LogP contribution in [0.2, 0.25) is 0 Å². The number of nitrogens with zero attached hydrogens (tertiary/aromatic N) is 3. The summed E-state index contributed by atoms with van der Waals surface area (Å²) in [7, 11) is 1.75. The third-order valence-electron chi connectivity index (χ3n) is 3.87. The average molecular weight is 352 g/mol. The van der Waals surface area contributed by atoms with Gasteiger partial charge in [-0.15, -0.1) is 0 Å². The van der Waals surface area contributed by atoms with Gasteiger partial charge in [-0.05, 0) is 46.5 Å². The summed E-state index contributed by atoms with van der Waals surface area (Å²) in [6, 6.07) is 6.39. The molecule has 1 saturated heterocycles. The molecule has 0 N–H and O–H groups in total. The van der Waals surface area contributed by atoms with Gasteiger partial charge in [0.15, 0.2) is 0 Å². The first-order chi connectivity index (χ1) is 10.1. The topological polar surface area (TPSA) is 38.1 Å². The van der Waals surface area contributed by atoms with E-state index in [1.54, 1.807) is 30.1 Å². The summed E-state index contributed by atoms with van der Waals surface area (Å²) in [6.07, 6.45) is 3.46. The van der Waals surface area contributed by atoms with Gasteiger partial charge in [-0.3, -0.25) is 9.48 Å². The van der Waals surface area contributed by atoms with Gasteiger partial charge in [-0.25, -0.2) is 4.39 Å². The Hall–Kier alpha value is -1.69. The Morgan fingerprint density at radius 2 is 2.10 bits per heavy atom. The molecule has 110 valence electrons. The van der Waals surface area contributed by atoms with Crippen LogP contribution in [0.3, 0.4) is 0 Å². The van der Waals surface area contributed by atoms with Crippen LogP contribution < -0.4 is 0 Å². The molecule has 21 heavy (non-hydrogen) atoms. The predicted octanol–water partition coefficient (Wildman–Crippen LogP) is 3.30. The number of amides is 1. The summed E-state index contributed by atoms with van der Waals surface area (Å²) in [6.45, 7) is 0.707. The SMILES string of the molecule is Cn1ncc(Br)c1C(=O)N1CCCC1c1ccc(F)cc1. The Bertz CT molecular complexity index is 649. The second-order valence-corrected chi connectivity index (χ2v) is 6.03. The molecule has 1 amide bonds. The molecule has 0 aliphatic carbocycles. The first kappa shape index (κ1) is 14.3. The van der Waals surface area contributed by atoms with Gasteiger partial charge in [0.25, 0.3) is 5.91 Å². The lowest BCUT2D eigenvalue weighted by Gasteiger charge is -2.25. The van der Waals surface area contributed by atoms with E-state index in [9.17, 15) is 9.18 Å². The number of carbonyl (C=O) groups is 1. The van der Waals surface area contributed by atoms with Gasteiger partial charge in [-0.2, -0.15) is 5.10 Å². The van der Waals surface area contributed by atoms with Crippen LogP contribution in [0.4, 0.5) is 4.39 Å². The maximum Gasteiger partial charge on any atom is 0.273 e. The van der Waals surface area contributed by atoms with Gasteiger partial charge in [0, 0.05) is 13.6 Å². The highest BCUT2D eigenvalue weighted by molar-refractivity contribution is 9.10. The molecule has 3 rings (SSSR count). The molecule has 1 unspecified atom stereocenters. The highest BCUT2D eigenvalue weighted by atomic mass is 79.9. The van der Waals surface area contributed by atoms with Crippen molar-refractivity contribution in [1.82, 2.24) is 14.7 Å². The van der Waals surface area contributed by atoms with Crippen LogP contribution in [0.25, 0.3) is 0 Å². The van der Waals surface area contributed by atoms with E-state index in [0.717, 1.165) is 18.4 Å². The van der Waals surface area contributed by atoms with E-state index in [1.807, 2.05) is 4.90 Å². The third kappa shape index (κ3) is 2.60. The maximum atomic E-state index is 13.1. The minimum Gasteiger partial charge on any atom is -0.330 e. The molecule has 2 aromatic rings. The van der Waals surface area contributed by atoms with E-state index in [2.05, 4.69) is 21.0 Å². The van der Waals surface area contributed by atoms with Crippen molar-refractivity contribution in [3.8, 4) is 0 Å². The number of rotatable bonds is 2. The van der Waals surface area contributed by atoms with Crippen LogP contribution in [0.5, 0.6) is 0 Å². The number of benzene rings is 1. The summed E-state index contributed by atoms with van der Waals surface area (Å²) in [4.78, 5) is 14.6. The molecule has 1 aromatic heterocycles. The van der Waals surface area contributed by atoms with Gasteiger partial charge in [0.2, 0.25) is 0 Å². The molecule has 0 radical (unpaired) electrons. The summed E-state index contributed by atoms with van der Waals surface area (Å²) in [5, 5.41) is 4.09. The van der Waals surface area contributed by atoms with Crippen molar-refractivity contribution < 1.29 is 9.18 Å². The van der Waals surface area contributed by atoms with Crippen LogP contribution in [-0.2, 0) is 7.05 Å². The summed E-state index contributed by atoms with van der Waals surface area (Å²) in [5.41, 5.74) is 1.52. The van der Waals surface area contributed by atoms with E-state index in [0.29, 0.717) is 16.7 Å². The third-order valence-corrected chi connectivity index (χ3v) is 4.45. The van der Waals surface area contributed by atoms with Crippen LogP contribution >= 0.6 is 15.9 Å². The van der Waals surface area contributed by atoms with Gasteiger partial charge < -0.3 is 4.90 Å². The fraction of sp³-hybridized carbons (Fsp3) is 0.333. The molecule has 0 spiro atoms. The summed E-state index contributed by atoms with van der Waals surface area (Å²) in [5.74, 6) is -0.308. The van der Waals surface area contributed by atoms with Crippen molar-refractivity contribution in [2.75, 3.05) is 6.54 Å². The van der Waals surface area contributed by atoms with E-state index in [-0.39, 0.29) is 17.8 Å². The van der Waals surface area contributed by atoms with Crippen LogP contribution in [0.1, 0.15) is 34.9 Å². The van der Waals surface area contributed by atoms with Gasteiger partial charge in [0.05, 0.1) is 16.7 Å². The van der Waals surface area contributed by atoms with E-state index >= 15 is 0 Å². The van der Waals surface area contributed by atoms with Crippen molar-refractivity contribution in [3.63, 3.8) is 0 Å². The molecule has 2 heterocycles. The zero-order valence-corrected chi connectivity index (χ0v) is 13.2. The van der Waals surface area contributed by atoms with Crippen LogP contribution in [-0.4, -0.2) is 27.1 Å². The number of aryl methyl sites for hydroxylation is 1. The maximum absolute atomic E-state index is 13.1. The minimum atomic E-state index is -0.260. The molecule has 1 aromatic carbocycles. The van der Waals surface area contributed by atoms with E-state index in [4.69, 9.17) is 0 Å². The lowest BCUT2D eigenvalue weighted by Crippen LogP contribution is -2.32. The number of likely N-dealkylation sites (tertiary alicyclic amines) is 1. The smallest absolute Gasteiger partial charge is 0.273 e. The van der Waals surface area contributed by atoms with Crippen LogP contribution in [0.15, 0.2) is 34.9 Å². The van der Waals surface area contributed by atoms with Crippen molar-refractivity contribution in [1.29, 1.82) is 0 Å². The lowest BCUT2D eigenvalue weighted by molar-refractivity contribution is 0.0723. The molecule has 6 heteroatoms. The van der Waals surface area contributed by atoms with Crippen molar-refractivity contribution in [3.05, 3.63) is 52.0 Å². The van der Waals surface area contributed by atoms with Crippen LogP contribution in [0, 0.1) is 5.82 Å². The minimum absolute atomic E-state index is 0.0000926. The standard InChI is InChI=1S/C15H15BrFN3O/c1-19-14(12(16)9-18-19)15(21)20-8-2-3-13(20)10-4-6-11(17)7-5-10/h4-7,9,13H,2-3,8H2,1H3. The average Bonchev–Trinajstić information content (AvgIpc) is 3.07. The van der Waals surface area contributed by atoms with Gasteiger partial charge in [0.1, 0.15) is 11.5 Å². The van der Waals surface area contributed by atoms with E-state index in [1.165, 1.54) is 12.1 Å². The Balaban J connectivity index is 1.90. The Morgan fingerprint density at radius 3 is 2.71 bits per heavy atom. The molecule has 1 aliphatic heterocycles. The summed E-state index contributed by atoms with van der Waals surface area (Å²) >= 11 is 3.37. The monoisotopic (exact) mass is 351 g/mol. The largest absolute Gasteiger partial charge is 0.330 e. The fourth-order valence-electron chi connectivity index (χ4n) is 2.83. The zero-order valence-electron chi connectivity index (χ0n) is 11.6. The van der Waals surface area contributed by atoms with Crippen molar-refractivity contribution >= 4 is 21.8 Å². The van der Waals surface area contributed by atoms with Gasteiger partial charge >= 0.3 is 0 Å². The van der Waals surface area contributed by atoms with E-state index < -0.39 is 0 Å². The van der Waals surface area contributed by atoms with Crippen molar-refractivity contribution in [2.24, 2.45) is 7.05 Å². The molecular formula is C15H15BrFN3O. The summed E-state index contributed by atoms with van der Waals surface area (Å²) < 4.78 is 15.3. The first-order valence-electron chi connectivity index (χ1n) is 6.82. The van der Waals surface area contributed by atoms with Crippen molar-refractivity contribution in [2.45, 2.75) is 18.9 Å². The number of hydrogen-bond donors (Lipinski definition) is 0. The predicted molar refractivity (Wildman–Crippen MR) is 80.3 cm³/mol. The molecule has 1 aliphatic rings. The molecule has 1 atom stereocenters. The second-order valence-electron chi connectivity index (χ2n) is 5.17. The Kier molecular flexibility index (Phi) is 3.80. The quantitative estimate of drug-likeness (QED) is 0.832. The molecule has 4 nitrogen and oxygen atoms in total. The lowest BCUT2D eigenvalue weighted by atomic mass is 10.0. The number of carbonyl (C=O) groups excluding carboxylic acids is 1. The van der Waals surface area contributed by atoms with Gasteiger partial charge in [-0.1, -0.05) is 12.1 Å². The highest BCUT2D eigenvalue weighted by Crippen LogP contribution is 2.34. The Morgan fingerprint density at radius 1 is 1.38 bits per heavy atom. The number of hydrogen-bond acceptors (Lipinski definition) is 2. The molecule has 0 bridgehead atoms. The zero-order chi connectivity index (χ0) is 15.0. The molecule has 0 saturated carbocycles. The number of aromatic nitrogens is 2. The highest BCUT2D eigenvalue weighted by Gasteiger charge is 2.32. The number of halogens is 2. The Labute approximate surface area is 130 Å². The molecular weight excluding hydrogens is 337 g/mol. The first-order valence-corrected chi connectivity index (χ1v) is 7.61. The normalized spacial score (nSPS) is 18.2. The molecule has 1 fully saturated rings. The second kappa shape index (κ2) is 5.60. The fourth-order valence-corrected chi connectivity index (χ4v) is 3.35.